The summed E-state index contributed by atoms with van der Waals surface area (Å²) in [6.07, 6.45) is 9.95. The second-order valence-corrected chi connectivity index (χ2v) is 4.30. The van der Waals surface area contributed by atoms with Crippen LogP contribution >= 0.6 is 0 Å². The normalized spacial score (nSPS) is 45.0. The molecule has 2 rings (SSSR count). The molecule has 0 bridgehead atoms. The summed E-state index contributed by atoms with van der Waals surface area (Å²) in [5, 5.41) is 0. The summed E-state index contributed by atoms with van der Waals surface area (Å²) in [6, 6.07) is 0.550. The van der Waals surface area contributed by atoms with Gasteiger partial charge in [-0.25, -0.2) is 0 Å². The molecule has 2 aliphatic carbocycles. The summed E-state index contributed by atoms with van der Waals surface area (Å²) in [5.74, 6) is 1.91. The summed E-state index contributed by atoms with van der Waals surface area (Å²) in [5.41, 5.74) is 6.09. The van der Waals surface area contributed by atoms with Gasteiger partial charge in [0.1, 0.15) is 0 Å². The van der Waals surface area contributed by atoms with Gasteiger partial charge < -0.3 is 5.73 Å². The van der Waals surface area contributed by atoms with Crippen LogP contribution < -0.4 is 5.73 Å². The molecule has 1 nitrogen and oxygen atoms in total. The van der Waals surface area contributed by atoms with Crippen molar-refractivity contribution in [2.24, 2.45) is 17.6 Å². The van der Waals surface area contributed by atoms with E-state index in [1.54, 1.807) is 0 Å². The minimum Gasteiger partial charge on any atom is -0.327 e. The van der Waals surface area contributed by atoms with Crippen molar-refractivity contribution >= 4 is 0 Å². The van der Waals surface area contributed by atoms with Crippen LogP contribution in [0.15, 0.2) is 0 Å². The Kier molecular flexibility index (Phi) is 2.17. The van der Waals surface area contributed by atoms with Crippen molar-refractivity contribution in [3.05, 3.63) is 0 Å². The number of hydrogen-bond acceptors (Lipinski definition) is 1. The first-order valence-electron chi connectivity index (χ1n) is 5.13. The standard InChI is InChI=1S/C10H19N/c11-10-7-3-5-8-4-1-2-6-9(8)10/h8-10H,1-7,11H2/t8-,9?,10+/m1/s1. The van der Waals surface area contributed by atoms with Gasteiger partial charge in [0, 0.05) is 6.04 Å². The Balaban J connectivity index is 1.99. The number of rotatable bonds is 0. The van der Waals surface area contributed by atoms with E-state index in [-0.39, 0.29) is 0 Å². The molecule has 0 aromatic heterocycles. The van der Waals surface area contributed by atoms with E-state index in [2.05, 4.69) is 0 Å². The molecule has 0 saturated heterocycles. The van der Waals surface area contributed by atoms with Crippen LogP contribution in [0.25, 0.3) is 0 Å². The molecule has 0 heterocycles. The number of fused-ring (bicyclic) bond motifs is 1. The van der Waals surface area contributed by atoms with E-state index in [4.69, 9.17) is 5.73 Å². The predicted molar refractivity (Wildman–Crippen MR) is 47.3 cm³/mol. The van der Waals surface area contributed by atoms with Crippen LogP contribution in [0.2, 0.25) is 0 Å². The molecule has 1 unspecified atom stereocenters. The van der Waals surface area contributed by atoms with Gasteiger partial charge in [-0.2, -0.15) is 0 Å². The van der Waals surface area contributed by atoms with Crippen LogP contribution in [0.4, 0.5) is 0 Å². The Morgan fingerprint density at radius 3 is 2.36 bits per heavy atom. The summed E-state index contributed by atoms with van der Waals surface area (Å²) in [7, 11) is 0. The third kappa shape index (κ3) is 1.44. The van der Waals surface area contributed by atoms with Crippen molar-refractivity contribution in [3.63, 3.8) is 0 Å². The summed E-state index contributed by atoms with van der Waals surface area (Å²) in [4.78, 5) is 0. The first kappa shape index (κ1) is 7.60. The molecule has 2 fully saturated rings. The third-order valence-electron chi connectivity index (χ3n) is 3.63. The zero-order valence-corrected chi connectivity index (χ0v) is 7.26. The van der Waals surface area contributed by atoms with Gasteiger partial charge in [-0.05, 0) is 24.7 Å². The maximum absolute atomic E-state index is 6.09. The van der Waals surface area contributed by atoms with E-state index < -0.39 is 0 Å². The van der Waals surface area contributed by atoms with E-state index in [0.717, 1.165) is 11.8 Å². The lowest BCUT2D eigenvalue weighted by Crippen LogP contribution is -2.40. The van der Waals surface area contributed by atoms with E-state index in [1.165, 1.54) is 44.9 Å². The van der Waals surface area contributed by atoms with Crippen molar-refractivity contribution in [3.8, 4) is 0 Å². The molecule has 11 heavy (non-hydrogen) atoms. The lowest BCUT2D eigenvalue weighted by Gasteiger charge is -2.39. The van der Waals surface area contributed by atoms with Crippen molar-refractivity contribution in [2.45, 2.75) is 51.0 Å². The summed E-state index contributed by atoms with van der Waals surface area (Å²) in [6.45, 7) is 0. The summed E-state index contributed by atoms with van der Waals surface area (Å²) < 4.78 is 0. The van der Waals surface area contributed by atoms with Gasteiger partial charge >= 0.3 is 0 Å². The second-order valence-electron chi connectivity index (χ2n) is 4.30. The SMILES string of the molecule is N[C@H]1CCC[C@H]2CCCCC21. The quantitative estimate of drug-likeness (QED) is 0.568. The maximum atomic E-state index is 6.09. The molecule has 2 N–H and O–H groups in total. The molecule has 2 aliphatic rings. The molecule has 0 spiro atoms. The predicted octanol–water partition coefficient (Wildman–Crippen LogP) is 2.30. The molecule has 64 valence electrons. The average molecular weight is 153 g/mol. The molecule has 0 aromatic rings. The van der Waals surface area contributed by atoms with Gasteiger partial charge in [-0.3, -0.25) is 0 Å². The minimum absolute atomic E-state index is 0.550. The number of hydrogen-bond donors (Lipinski definition) is 1. The highest BCUT2D eigenvalue weighted by molar-refractivity contribution is 4.86. The van der Waals surface area contributed by atoms with Gasteiger partial charge in [0.15, 0.2) is 0 Å². The molecule has 0 radical (unpaired) electrons. The van der Waals surface area contributed by atoms with Crippen LogP contribution in [0.5, 0.6) is 0 Å². The molecular formula is C10H19N. The van der Waals surface area contributed by atoms with Gasteiger partial charge in [0.25, 0.3) is 0 Å². The first-order chi connectivity index (χ1) is 5.38. The lowest BCUT2D eigenvalue weighted by atomic mass is 9.69. The van der Waals surface area contributed by atoms with Gasteiger partial charge in [0.2, 0.25) is 0 Å². The zero-order chi connectivity index (χ0) is 7.68. The van der Waals surface area contributed by atoms with Gasteiger partial charge in [-0.1, -0.05) is 32.1 Å². The maximum Gasteiger partial charge on any atom is 0.00698 e. The Morgan fingerprint density at radius 2 is 1.55 bits per heavy atom. The molecule has 3 atom stereocenters. The molecule has 0 amide bonds. The van der Waals surface area contributed by atoms with E-state index in [0.29, 0.717) is 6.04 Å². The molecule has 0 aromatic carbocycles. The second kappa shape index (κ2) is 3.14. The van der Waals surface area contributed by atoms with Crippen LogP contribution in [0.3, 0.4) is 0 Å². The Labute approximate surface area is 69.4 Å². The van der Waals surface area contributed by atoms with Crippen molar-refractivity contribution in [2.75, 3.05) is 0 Å². The highest BCUT2D eigenvalue weighted by Crippen LogP contribution is 2.39. The van der Waals surface area contributed by atoms with Crippen molar-refractivity contribution in [1.29, 1.82) is 0 Å². The molecule has 0 aliphatic heterocycles. The fourth-order valence-electron chi connectivity index (χ4n) is 2.99. The monoisotopic (exact) mass is 153 g/mol. The zero-order valence-electron chi connectivity index (χ0n) is 7.26. The lowest BCUT2D eigenvalue weighted by molar-refractivity contribution is 0.146. The largest absolute Gasteiger partial charge is 0.327 e. The first-order valence-corrected chi connectivity index (χ1v) is 5.13. The highest BCUT2D eigenvalue weighted by atomic mass is 14.7. The van der Waals surface area contributed by atoms with Crippen LogP contribution in [-0.4, -0.2) is 6.04 Å². The van der Waals surface area contributed by atoms with E-state index in [1.807, 2.05) is 0 Å². The Morgan fingerprint density at radius 1 is 0.818 bits per heavy atom. The molecule has 1 heteroatoms. The minimum atomic E-state index is 0.550. The van der Waals surface area contributed by atoms with E-state index >= 15 is 0 Å². The van der Waals surface area contributed by atoms with Gasteiger partial charge in [-0.15, -0.1) is 0 Å². The van der Waals surface area contributed by atoms with Crippen LogP contribution in [0.1, 0.15) is 44.9 Å². The van der Waals surface area contributed by atoms with Crippen LogP contribution in [0, 0.1) is 11.8 Å². The Hall–Kier alpha value is -0.0400. The van der Waals surface area contributed by atoms with Crippen molar-refractivity contribution < 1.29 is 0 Å². The number of nitrogens with two attached hydrogens (primary N) is 1. The topological polar surface area (TPSA) is 26.0 Å². The Bertz CT molecular complexity index is 131. The third-order valence-corrected chi connectivity index (χ3v) is 3.63. The summed E-state index contributed by atoms with van der Waals surface area (Å²) >= 11 is 0. The molecular weight excluding hydrogens is 134 g/mol. The van der Waals surface area contributed by atoms with Crippen molar-refractivity contribution in [1.82, 2.24) is 0 Å². The van der Waals surface area contributed by atoms with E-state index in [9.17, 15) is 0 Å². The van der Waals surface area contributed by atoms with Crippen LogP contribution in [-0.2, 0) is 0 Å². The smallest absolute Gasteiger partial charge is 0.00698 e. The highest BCUT2D eigenvalue weighted by Gasteiger charge is 2.32. The average Bonchev–Trinajstić information content (AvgIpc) is 2.06. The van der Waals surface area contributed by atoms with Gasteiger partial charge in [0.05, 0.1) is 0 Å². The fourth-order valence-corrected chi connectivity index (χ4v) is 2.99. The molecule has 2 saturated carbocycles. The fraction of sp³-hybridized carbons (Fsp3) is 1.00.